The van der Waals surface area contributed by atoms with Crippen molar-refractivity contribution in [2.24, 2.45) is 0 Å². The lowest BCUT2D eigenvalue weighted by atomic mass is 10.5. The Morgan fingerprint density at radius 1 is 1.25 bits per heavy atom. The van der Waals surface area contributed by atoms with Crippen LogP contribution in [0.5, 0.6) is 0 Å². The van der Waals surface area contributed by atoms with Crippen LogP contribution in [0.2, 0.25) is 0 Å². The van der Waals surface area contributed by atoms with Gasteiger partial charge in [0.05, 0.1) is 0 Å². The highest BCUT2D eigenvalue weighted by Crippen LogP contribution is 2.02. The Kier molecular flexibility index (Phi) is 8.01. The number of aliphatic hydroxyl groups excluding tert-OH is 1. The van der Waals surface area contributed by atoms with E-state index in [1.807, 2.05) is 0 Å². The minimum absolute atomic E-state index is 0.418. The zero-order valence-electron chi connectivity index (χ0n) is 7.86. The number of rotatable bonds is 7. The first kappa shape index (κ1) is 12.2. The maximum Gasteiger partial charge on any atom is 0.160 e. The number of nitrogens with zero attached hydrogens (tertiary/aromatic N) is 1. The number of aliphatic hydroxyl groups is 2. The summed E-state index contributed by atoms with van der Waals surface area (Å²) in [5.41, 5.74) is 0. The fourth-order valence-corrected chi connectivity index (χ4v) is 1.69. The first-order valence-electron chi connectivity index (χ1n) is 4.36. The standard InChI is InChI=1S/C8H19NO2S/c1-3-9(4-2)5-6-12-7-8(10)11/h8,10-11H,3-7H2,1-2H3. The summed E-state index contributed by atoms with van der Waals surface area (Å²) in [4.78, 5) is 2.32. The van der Waals surface area contributed by atoms with Crippen molar-refractivity contribution in [3.63, 3.8) is 0 Å². The van der Waals surface area contributed by atoms with Crippen molar-refractivity contribution in [1.29, 1.82) is 0 Å². The van der Waals surface area contributed by atoms with E-state index in [1.165, 1.54) is 0 Å². The fraction of sp³-hybridized carbons (Fsp3) is 1.00. The van der Waals surface area contributed by atoms with E-state index in [0.29, 0.717) is 5.75 Å². The molecule has 0 bridgehead atoms. The van der Waals surface area contributed by atoms with E-state index in [-0.39, 0.29) is 0 Å². The first-order chi connectivity index (χ1) is 5.70. The summed E-state index contributed by atoms with van der Waals surface area (Å²) < 4.78 is 0. The second-order valence-corrected chi connectivity index (χ2v) is 3.73. The van der Waals surface area contributed by atoms with E-state index < -0.39 is 6.29 Å². The van der Waals surface area contributed by atoms with Gasteiger partial charge in [0.1, 0.15) is 0 Å². The maximum absolute atomic E-state index is 8.55. The van der Waals surface area contributed by atoms with Gasteiger partial charge in [0.25, 0.3) is 0 Å². The Labute approximate surface area is 78.8 Å². The second-order valence-electron chi connectivity index (χ2n) is 2.58. The monoisotopic (exact) mass is 193 g/mol. The minimum atomic E-state index is -1.16. The minimum Gasteiger partial charge on any atom is -0.367 e. The molecular formula is C8H19NO2S. The topological polar surface area (TPSA) is 43.7 Å². The molecule has 0 saturated heterocycles. The van der Waals surface area contributed by atoms with Gasteiger partial charge in [-0.2, -0.15) is 11.8 Å². The van der Waals surface area contributed by atoms with Gasteiger partial charge in [-0.3, -0.25) is 0 Å². The summed E-state index contributed by atoms with van der Waals surface area (Å²) in [6.07, 6.45) is -1.16. The van der Waals surface area contributed by atoms with Crippen LogP contribution in [0.15, 0.2) is 0 Å². The molecule has 0 radical (unpaired) electrons. The van der Waals surface area contributed by atoms with Crippen LogP contribution in [0.1, 0.15) is 13.8 Å². The van der Waals surface area contributed by atoms with Crippen molar-refractivity contribution in [3.05, 3.63) is 0 Å². The summed E-state index contributed by atoms with van der Waals surface area (Å²) in [7, 11) is 0. The van der Waals surface area contributed by atoms with Crippen LogP contribution in [-0.2, 0) is 0 Å². The highest BCUT2D eigenvalue weighted by Gasteiger charge is 2.00. The average Bonchev–Trinajstić information content (AvgIpc) is 2.04. The molecule has 12 heavy (non-hydrogen) atoms. The molecule has 0 spiro atoms. The van der Waals surface area contributed by atoms with Crippen LogP contribution in [0, 0.1) is 0 Å². The van der Waals surface area contributed by atoms with E-state index in [1.54, 1.807) is 11.8 Å². The third-order valence-electron chi connectivity index (χ3n) is 1.71. The Morgan fingerprint density at radius 2 is 1.83 bits per heavy atom. The van der Waals surface area contributed by atoms with E-state index in [2.05, 4.69) is 18.7 Å². The normalized spacial score (nSPS) is 11.5. The average molecular weight is 193 g/mol. The molecule has 0 aromatic rings. The van der Waals surface area contributed by atoms with Crippen molar-refractivity contribution in [2.45, 2.75) is 20.1 Å². The molecule has 0 saturated carbocycles. The van der Waals surface area contributed by atoms with Crippen molar-refractivity contribution in [2.75, 3.05) is 31.1 Å². The fourth-order valence-electron chi connectivity index (χ4n) is 0.922. The molecule has 0 fully saturated rings. The molecule has 0 amide bonds. The van der Waals surface area contributed by atoms with Crippen molar-refractivity contribution < 1.29 is 10.2 Å². The summed E-state index contributed by atoms with van der Waals surface area (Å²) in [5, 5.41) is 17.1. The molecule has 0 atom stereocenters. The third-order valence-corrected chi connectivity index (χ3v) is 2.72. The summed E-state index contributed by atoms with van der Waals surface area (Å²) in [6, 6.07) is 0. The molecule has 0 unspecified atom stereocenters. The van der Waals surface area contributed by atoms with Gasteiger partial charge >= 0.3 is 0 Å². The Hall–Kier alpha value is 0.230. The molecule has 0 aromatic carbocycles. The van der Waals surface area contributed by atoms with Crippen LogP contribution in [0.25, 0.3) is 0 Å². The summed E-state index contributed by atoms with van der Waals surface area (Å²) >= 11 is 1.58. The van der Waals surface area contributed by atoms with Gasteiger partial charge in [0, 0.05) is 18.1 Å². The Bertz CT molecular complexity index is 97.1. The highest BCUT2D eigenvalue weighted by atomic mass is 32.2. The second kappa shape index (κ2) is 7.86. The number of hydrogen-bond donors (Lipinski definition) is 2. The molecular weight excluding hydrogens is 174 g/mol. The Morgan fingerprint density at radius 3 is 2.25 bits per heavy atom. The predicted molar refractivity (Wildman–Crippen MR) is 53.3 cm³/mol. The first-order valence-corrected chi connectivity index (χ1v) is 5.52. The quantitative estimate of drug-likeness (QED) is 0.453. The van der Waals surface area contributed by atoms with E-state index in [9.17, 15) is 0 Å². The van der Waals surface area contributed by atoms with E-state index in [4.69, 9.17) is 10.2 Å². The molecule has 3 nitrogen and oxygen atoms in total. The lowest BCUT2D eigenvalue weighted by Crippen LogP contribution is -2.25. The van der Waals surface area contributed by atoms with Gasteiger partial charge in [0.2, 0.25) is 0 Å². The van der Waals surface area contributed by atoms with Crippen molar-refractivity contribution in [3.8, 4) is 0 Å². The summed E-state index contributed by atoms with van der Waals surface area (Å²) in [5.74, 6) is 1.39. The number of hydrogen-bond acceptors (Lipinski definition) is 4. The van der Waals surface area contributed by atoms with Crippen molar-refractivity contribution in [1.82, 2.24) is 4.90 Å². The zero-order valence-corrected chi connectivity index (χ0v) is 8.68. The molecule has 4 heteroatoms. The lowest BCUT2D eigenvalue weighted by molar-refractivity contribution is -0.0186. The highest BCUT2D eigenvalue weighted by molar-refractivity contribution is 7.99. The third kappa shape index (κ3) is 6.91. The van der Waals surface area contributed by atoms with Gasteiger partial charge in [-0.05, 0) is 13.1 Å². The van der Waals surface area contributed by atoms with Crippen LogP contribution >= 0.6 is 11.8 Å². The molecule has 74 valence electrons. The van der Waals surface area contributed by atoms with Crippen molar-refractivity contribution >= 4 is 11.8 Å². The molecule has 0 aromatic heterocycles. The predicted octanol–water partition coefficient (Wildman–Crippen LogP) is 0.372. The molecule has 0 aliphatic carbocycles. The molecule has 0 aliphatic heterocycles. The molecule has 0 rings (SSSR count). The van der Waals surface area contributed by atoms with Gasteiger partial charge < -0.3 is 15.1 Å². The molecule has 0 aliphatic rings. The Balaban J connectivity index is 3.17. The van der Waals surface area contributed by atoms with Gasteiger partial charge in [-0.1, -0.05) is 13.8 Å². The molecule has 0 heterocycles. The maximum atomic E-state index is 8.55. The lowest BCUT2D eigenvalue weighted by Gasteiger charge is -2.17. The van der Waals surface area contributed by atoms with Crippen LogP contribution < -0.4 is 0 Å². The SMILES string of the molecule is CCN(CC)CCSCC(O)O. The zero-order chi connectivity index (χ0) is 9.40. The van der Waals surface area contributed by atoms with Gasteiger partial charge in [-0.25, -0.2) is 0 Å². The van der Waals surface area contributed by atoms with Crippen LogP contribution in [0.3, 0.4) is 0 Å². The van der Waals surface area contributed by atoms with Gasteiger partial charge in [0.15, 0.2) is 6.29 Å². The van der Waals surface area contributed by atoms with Gasteiger partial charge in [-0.15, -0.1) is 0 Å². The van der Waals surface area contributed by atoms with E-state index >= 15 is 0 Å². The van der Waals surface area contributed by atoms with Crippen LogP contribution in [0.4, 0.5) is 0 Å². The van der Waals surface area contributed by atoms with Crippen LogP contribution in [-0.4, -0.2) is 52.5 Å². The largest absolute Gasteiger partial charge is 0.367 e. The van der Waals surface area contributed by atoms with E-state index in [0.717, 1.165) is 25.4 Å². The summed E-state index contributed by atoms with van der Waals surface area (Å²) in [6.45, 7) is 7.44. The molecule has 2 N–H and O–H groups in total. The number of thioether (sulfide) groups is 1. The smallest absolute Gasteiger partial charge is 0.160 e.